The highest BCUT2D eigenvalue weighted by atomic mass is 14.8. The fourth-order valence-electron chi connectivity index (χ4n) is 0.865. The van der Waals surface area contributed by atoms with Gasteiger partial charge in [0.2, 0.25) is 0 Å². The second-order valence-corrected chi connectivity index (χ2v) is 2.23. The lowest BCUT2D eigenvalue weighted by atomic mass is 10.1. The summed E-state index contributed by atoms with van der Waals surface area (Å²) in [5, 5.41) is 8.52. The molecule has 1 heterocycles. The Bertz CT molecular complexity index is 299. The van der Waals surface area contributed by atoms with Gasteiger partial charge < -0.3 is 5.73 Å². The Kier molecular flexibility index (Phi) is 2.07. The number of hydrogen-bond acceptors (Lipinski definition) is 3. The van der Waals surface area contributed by atoms with Crippen LogP contribution >= 0.6 is 0 Å². The van der Waals surface area contributed by atoms with Crippen LogP contribution in [0.1, 0.15) is 18.1 Å². The van der Waals surface area contributed by atoms with Gasteiger partial charge in [0.15, 0.2) is 0 Å². The number of nitrogens with zero attached hydrogens (tertiary/aromatic N) is 2. The molecule has 0 bridgehead atoms. The van der Waals surface area contributed by atoms with Crippen molar-refractivity contribution in [2.75, 3.05) is 5.73 Å². The summed E-state index contributed by atoms with van der Waals surface area (Å²) in [6.07, 6.45) is 2.29. The third kappa shape index (κ3) is 1.47. The maximum absolute atomic E-state index is 8.52. The van der Waals surface area contributed by atoms with Gasteiger partial charge in [-0.2, -0.15) is 5.26 Å². The Balaban J connectivity index is 3.15. The van der Waals surface area contributed by atoms with E-state index in [1.54, 1.807) is 6.07 Å². The van der Waals surface area contributed by atoms with Crippen molar-refractivity contribution >= 4 is 5.82 Å². The molecule has 0 aromatic carbocycles. The predicted molar refractivity (Wildman–Crippen MR) is 42.7 cm³/mol. The van der Waals surface area contributed by atoms with Crippen molar-refractivity contribution in [2.45, 2.75) is 13.3 Å². The molecular weight excluding hydrogens is 138 g/mol. The van der Waals surface area contributed by atoms with E-state index in [0.717, 1.165) is 12.0 Å². The van der Waals surface area contributed by atoms with Crippen LogP contribution in [0, 0.1) is 11.3 Å². The van der Waals surface area contributed by atoms with Crippen LogP contribution in [-0.4, -0.2) is 4.98 Å². The van der Waals surface area contributed by atoms with E-state index in [1.807, 2.05) is 13.0 Å². The highest BCUT2D eigenvalue weighted by molar-refractivity contribution is 5.43. The van der Waals surface area contributed by atoms with Crippen molar-refractivity contribution in [2.24, 2.45) is 0 Å². The molecule has 1 rings (SSSR count). The van der Waals surface area contributed by atoms with Crippen LogP contribution in [0.2, 0.25) is 0 Å². The molecule has 0 saturated carbocycles. The number of nitriles is 1. The molecule has 0 saturated heterocycles. The Hall–Kier alpha value is -1.56. The molecule has 3 nitrogen and oxygen atoms in total. The van der Waals surface area contributed by atoms with Crippen LogP contribution in [0.25, 0.3) is 0 Å². The topological polar surface area (TPSA) is 62.7 Å². The minimum atomic E-state index is 0.520. The molecule has 0 aliphatic heterocycles. The number of nitrogens with two attached hydrogens (primary N) is 1. The van der Waals surface area contributed by atoms with Crippen LogP contribution < -0.4 is 5.73 Å². The normalized spacial score (nSPS) is 9.09. The van der Waals surface area contributed by atoms with Crippen molar-refractivity contribution in [1.82, 2.24) is 4.98 Å². The van der Waals surface area contributed by atoms with Crippen LogP contribution in [0.5, 0.6) is 0 Å². The van der Waals surface area contributed by atoms with E-state index < -0.39 is 0 Å². The molecule has 11 heavy (non-hydrogen) atoms. The lowest BCUT2D eigenvalue weighted by molar-refractivity contribution is 1.11. The summed E-state index contributed by atoms with van der Waals surface area (Å²) in [5.74, 6) is 0.520. The number of anilines is 1. The van der Waals surface area contributed by atoms with Gasteiger partial charge in [-0.25, -0.2) is 4.98 Å². The van der Waals surface area contributed by atoms with Crippen molar-refractivity contribution < 1.29 is 0 Å². The number of rotatable bonds is 1. The molecule has 0 unspecified atom stereocenters. The zero-order valence-corrected chi connectivity index (χ0v) is 6.33. The number of pyridine rings is 1. The fourth-order valence-corrected chi connectivity index (χ4v) is 0.865. The zero-order valence-electron chi connectivity index (χ0n) is 6.33. The van der Waals surface area contributed by atoms with Gasteiger partial charge in [0, 0.05) is 6.20 Å². The van der Waals surface area contributed by atoms with Gasteiger partial charge in [0.25, 0.3) is 0 Å². The van der Waals surface area contributed by atoms with Gasteiger partial charge >= 0.3 is 0 Å². The number of hydrogen-bond donors (Lipinski definition) is 1. The SMILES string of the molecule is CCc1cc(C#N)cnc1N. The van der Waals surface area contributed by atoms with Crippen molar-refractivity contribution in [3.05, 3.63) is 23.4 Å². The molecule has 0 atom stereocenters. The lowest BCUT2D eigenvalue weighted by Crippen LogP contribution is -1.96. The molecule has 1 aromatic heterocycles. The summed E-state index contributed by atoms with van der Waals surface area (Å²) in [7, 11) is 0. The molecular formula is C8H9N3. The quantitative estimate of drug-likeness (QED) is 0.646. The molecule has 0 amide bonds. The smallest absolute Gasteiger partial charge is 0.126 e. The van der Waals surface area contributed by atoms with E-state index in [9.17, 15) is 0 Å². The standard InChI is InChI=1S/C8H9N3/c1-2-7-3-6(4-9)5-11-8(7)10/h3,5H,2H2,1H3,(H2,10,11). The summed E-state index contributed by atoms with van der Waals surface area (Å²) >= 11 is 0. The summed E-state index contributed by atoms with van der Waals surface area (Å²) < 4.78 is 0. The highest BCUT2D eigenvalue weighted by Crippen LogP contribution is 2.09. The first kappa shape index (κ1) is 7.55. The average Bonchev–Trinajstić information content (AvgIpc) is 2.05. The van der Waals surface area contributed by atoms with Gasteiger partial charge in [-0.1, -0.05) is 6.92 Å². The summed E-state index contributed by atoms with van der Waals surface area (Å²) in [6.45, 7) is 1.98. The van der Waals surface area contributed by atoms with Gasteiger partial charge in [-0.15, -0.1) is 0 Å². The highest BCUT2D eigenvalue weighted by Gasteiger charge is 1.98. The zero-order chi connectivity index (χ0) is 8.27. The molecule has 0 aliphatic carbocycles. The maximum atomic E-state index is 8.52. The Morgan fingerprint density at radius 1 is 1.73 bits per heavy atom. The molecule has 56 valence electrons. The third-order valence-electron chi connectivity index (χ3n) is 1.51. The second kappa shape index (κ2) is 3.02. The van der Waals surface area contributed by atoms with Gasteiger partial charge in [-0.05, 0) is 18.1 Å². The van der Waals surface area contributed by atoms with E-state index in [4.69, 9.17) is 11.0 Å². The minimum Gasteiger partial charge on any atom is -0.383 e. The number of nitrogen functional groups attached to an aromatic ring is 1. The van der Waals surface area contributed by atoms with Crippen molar-refractivity contribution in [3.8, 4) is 6.07 Å². The average molecular weight is 147 g/mol. The van der Waals surface area contributed by atoms with Crippen LogP contribution in [0.4, 0.5) is 5.82 Å². The first-order valence-electron chi connectivity index (χ1n) is 3.42. The third-order valence-corrected chi connectivity index (χ3v) is 1.51. The van der Waals surface area contributed by atoms with Crippen molar-refractivity contribution in [3.63, 3.8) is 0 Å². The summed E-state index contributed by atoms with van der Waals surface area (Å²) in [5.41, 5.74) is 7.03. The molecule has 0 radical (unpaired) electrons. The molecule has 0 fully saturated rings. The molecule has 0 spiro atoms. The van der Waals surface area contributed by atoms with E-state index in [0.29, 0.717) is 11.4 Å². The Morgan fingerprint density at radius 3 is 3.00 bits per heavy atom. The van der Waals surface area contributed by atoms with Crippen LogP contribution in [-0.2, 0) is 6.42 Å². The number of aryl methyl sites for hydroxylation is 1. The second-order valence-electron chi connectivity index (χ2n) is 2.23. The van der Waals surface area contributed by atoms with Crippen LogP contribution in [0.15, 0.2) is 12.3 Å². The van der Waals surface area contributed by atoms with Gasteiger partial charge in [0.05, 0.1) is 5.56 Å². The number of aromatic nitrogens is 1. The monoisotopic (exact) mass is 147 g/mol. The Morgan fingerprint density at radius 2 is 2.45 bits per heavy atom. The summed E-state index contributed by atoms with van der Waals surface area (Å²) in [4.78, 5) is 3.88. The van der Waals surface area contributed by atoms with Gasteiger partial charge in [0.1, 0.15) is 11.9 Å². The first-order chi connectivity index (χ1) is 5.27. The summed E-state index contributed by atoms with van der Waals surface area (Å²) in [6, 6.07) is 3.78. The van der Waals surface area contributed by atoms with E-state index >= 15 is 0 Å². The predicted octanol–water partition coefficient (Wildman–Crippen LogP) is 1.10. The molecule has 0 aliphatic rings. The minimum absolute atomic E-state index is 0.520. The van der Waals surface area contributed by atoms with Crippen molar-refractivity contribution in [1.29, 1.82) is 5.26 Å². The van der Waals surface area contributed by atoms with Crippen LogP contribution in [0.3, 0.4) is 0 Å². The molecule has 1 aromatic rings. The Labute approximate surface area is 65.5 Å². The van der Waals surface area contributed by atoms with E-state index in [1.165, 1.54) is 6.20 Å². The molecule has 3 heteroatoms. The largest absolute Gasteiger partial charge is 0.383 e. The lowest BCUT2D eigenvalue weighted by Gasteiger charge is -1.99. The maximum Gasteiger partial charge on any atom is 0.126 e. The molecule has 2 N–H and O–H groups in total. The fraction of sp³-hybridized carbons (Fsp3) is 0.250. The van der Waals surface area contributed by atoms with Gasteiger partial charge in [-0.3, -0.25) is 0 Å². The van der Waals surface area contributed by atoms with E-state index in [2.05, 4.69) is 4.98 Å². The van der Waals surface area contributed by atoms with E-state index in [-0.39, 0.29) is 0 Å². The first-order valence-corrected chi connectivity index (χ1v) is 3.42.